The lowest BCUT2D eigenvalue weighted by atomic mass is 10.1. The van der Waals surface area contributed by atoms with Crippen LogP contribution in [-0.4, -0.2) is 61.1 Å². The van der Waals surface area contributed by atoms with Gasteiger partial charge in [-0.25, -0.2) is 0 Å². The van der Waals surface area contributed by atoms with Crippen molar-refractivity contribution in [3.8, 4) is 5.75 Å². The highest BCUT2D eigenvalue weighted by Crippen LogP contribution is 2.25. The van der Waals surface area contributed by atoms with Crippen LogP contribution in [0.3, 0.4) is 0 Å². The van der Waals surface area contributed by atoms with Crippen LogP contribution in [0.4, 0.5) is 5.69 Å². The van der Waals surface area contributed by atoms with E-state index in [-0.39, 0.29) is 18.0 Å². The lowest BCUT2D eigenvalue weighted by Crippen LogP contribution is -2.59. The monoisotopic (exact) mass is 345 g/mol. The summed E-state index contributed by atoms with van der Waals surface area (Å²) in [6, 6.07) is 8.08. The number of carbonyl (C=O) groups is 2. The van der Waals surface area contributed by atoms with Crippen molar-refractivity contribution in [3.63, 3.8) is 0 Å². The van der Waals surface area contributed by atoms with Crippen molar-refractivity contribution < 1.29 is 14.3 Å². The maximum absolute atomic E-state index is 12.3. The number of hydrogen-bond donors (Lipinski definition) is 0. The van der Waals surface area contributed by atoms with E-state index in [0.717, 1.165) is 44.0 Å². The second-order valence-electron chi connectivity index (χ2n) is 6.62. The van der Waals surface area contributed by atoms with Crippen LogP contribution in [0.2, 0.25) is 0 Å². The standard InChI is InChI=1S/C19H27N3O3/c1-3-17(22-18(23)8-5-9-19(22)24)21-12-10-20(11-13-21)15-6-4-7-16(14-15)25-2/h4,6-7,14,17H,3,5,8-13H2,1-2H3. The Kier molecular flexibility index (Phi) is 5.58. The normalized spacial score (nSPS) is 20.7. The van der Waals surface area contributed by atoms with E-state index in [1.807, 2.05) is 25.1 Å². The maximum Gasteiger partial charge on any atom is 0.230 e. The first kappa shape index (κ1) is 17.7. The maximum atomic E-state index is 12.3. The predicted octanol–water partition coefficient (Wildman–Crippen LogP) is 2.09. The summed E-state index contributed by atoms with van der Waals surface area (Å²) in [5.41, 5.74) is 1.15. The lowest BCUT2D eigenvalue weighted by Gasteiger charge is -2.44. The molecule has 25 heavy (non-hydrogen) atoms. The van der Waals surface area contributed by atoms with E-state index < -0.39 is 0 Å². The van der Waals surface area contributed by atoms with Crippen LogP contribution < -0.4 is 9.64 Å². The van der Waals surface area contributed by atoms with E-state index in [9.17, 15) is 9.59 Å². The number of ether oxygens (including phenoxy) is 1. The molecule has 2 fully saturated rings. The zero-order valence-corrected chi connectivity index (χ0v) is 15.1. The number of hydrogen-bond acceptors (Lipinski definition) is 5. The van der Waals surface area contributed by atoms with Crippen molar-refractivity contribution in [2.75, 3.05) is 38.2 Å². The Morgan fingerprint density at radius 3 is 2.36 bits per heavy atom. The first-order valence-corrected chi connectivity index (χ1v) is 9.12. The number of piperidine rings is 1. The van der Waals surface area contributed by atoms with Gasteiger partial charge in [-0.15, -0.1) is 0 Å². The molecule has 2 heterocycles. The highest BCUT2D eigenvalue weighted by molar-refractivity contribution is 5.97. The van der Waals surface area contributed by atoms with Gasteiger partial charge in [0, 0.05) is 50.8 Å². The van der Waals surface area contributed by atoms with Crippen LogP contribution in [0.25, 0.3) is 0 Å². The summed E-state index contributed by atoms with van der Waals surface area (Å²) in [5, 5.41) is 0. The van der Waals surface area contributed by atoms with E-state index >= 15 is 0 Å². The quantitative estimate of drug-likeness (QED) is 0.765. The Morgan fingerprint density at radius 1 is 1.08 bits per heavy atom. The van der Waals surface area contributed by atoms with Crippen LogP contribution >= 0.6 is 0 Å². The molecule has 0 saturated carbocycles. The number of rotatable bonds is 5. The molecule has 0 N–H and O–H groups in total. The average molecular weight is 345 g/mol. The van der Waals surface area contributed by atoms with Gasteiger partial charge >= 0.3 is 0 Å². The molecule has 2 aliphatic heterocycles. The zero-order valence-electron chi connectivity index (χ0n) is 15.1. The first-order chi connectivity index (χ1) is 12.1. The Morgan fingerprint density at radius 2 is 1.76 bits per heavy atom. The summed E-state index contributed by atoms with van der Waals surface area (Å²) in [6.45, 7) is 5.48. The molecular formula is C19H27N3O3. The SMILES string of the molecule is CCC(N1CCN(c2cccc(OC)c2)CC1)N1C(=O)CCCC1=O. The third kappa shape index (κ3) is 3.79. The van der Waals surface area contributed by atoms with Crippen LogP contribution in [0.5, 0.6) is 5.75 Å². The lowest BCUT2D eigenvalue weighted by molar-refractivity contribution is -0.156. The van der Waals surface area contributed by atoms with Gasteiger partial charge in [0.05, 0.1) is 13.3 Å². The minimum Gasteiger partial charge on any atom is -0.497 e. The number of piperazine rings is 1. The minimum atomic E-state index is -0.104. The van der Waals surface area contributed by atoms with Gasteiger partial charge in [0.1, 0.15) is 5.75 Å². The zero-order chi connectivity index (χ0) is 17.8. The number of imide groups is 1. The molecule has 136 valence electrons. The van der Waals surface area contributed by atoms with Crippen LogP contribution in [0.15, 0.2) is 24.3 Å². The van der Waals surface area contributed by atoms with Gasteiger partial charge in [-0.1, -0.05) is 13.0 Å². The van der Waals surface area contributed by atoms with E-state index in [4.69, 9.17) is 4.74 Å². The highest BCUT2D eigenvalue weighted by atomic mass is 16.5. The summed E-state index contributed by atoms with van der Waals surface area (Å²) >= 11 is 0. The summed E-state index contributed by atoms with van der Waals surface area (Å²) in [5.74, 6) is 0.826. The van der Waals surface area contributed by atoms with Gasteiger partial charge in [-0.2, -0.15) is 0 Å². The summed E-state index contributed by atoms with van der Waals surface area (Å²) in [4.78, 5) is 30.6. The number of likely N-dealkylation sites (tertiary alicyclic amines) is 1. The fourth-order valence-corrected chi connectivity index (χ4v) is 3.79. The molecule has 2 amide bonds. The summed E-state index contributed by atoms with van der Waals surface area (Å²) in [7, 11) is 1.68. The minimum absolute atomic E-state index is 0.0154. The number of nitrogens with zero attached hydrogens (tertiary/aromatic N) is 3. The first-order valence-electron chi connectivity index (χ1n) is 9.12. The third-order valence-corrected chi connectivity index (χ3v) is 5.14. The number of carbonyl (C=O) groups excluding carboxylic acids is 2. The average Bonchev–Trinajstić information content (AvgIpc) is 2.65. The molecule has 1 aromatic rings. The molecule has 2 aliphatic rings. The van der Waals surface area contributed by atoms with E-state index in [2.05, 4.69) is 15.9 Å². The molecule has 6 nitrogen and oxygen atoms in total. The smallest absolute Gasteiger partial charge is 0.230 e. The number of anilines is 1. The Hall–Kier alpha value is -2.08. The van der Waals surface area contributed by atoms with Crippen molar-refractivity contribution in [1.82, 2.24) is 9.80 Å². The van der Waals surface area contributed by atoms with Gasteiger partial charge < -0.3 is 9.64 Å². The molecule has 6 heteroatoms. The number of methoxy groups -OCH3 is 1. The number of benzene rings is 1. The fraction of sp³-hybridized carbons (Fsp3) is 0.579. The molecular weight excluding hydrogens is 318 g/mol. The largest absolute Gasteiger partial charge is 0.497 e. The van der Waals surface area contributed by atoms with Crippen molar-refractivity contribution in [2.24, 2.45) is 0 Å². The molecule has 1 unspecified atom stereocenters. The van der Waals surface area contributed by atoms with Gasteiger partial charge in [-0.05, 0) is 25.0 Å². The fourth-order valence-electron chi connectivity index (χ4n) is 3.79. The van der Waals surface area contributed by atoms with Gasteiger partial charge in [-0.3, -0.25) is 19.4 Å². The molecule has 0 bridgehead atoms. The van der Waals surface area contributed by atoms with Crippen molar-refractivity contribution in [2.45, 2.75) is 38.8 Å². The summed E-state index contributed by atoms with van der Waals surface area (Å²) in [6.07, 6.45) is 2.34. The highest BCUT2D eigenvalue weighted by Gasteiger charge is 2.35. The molecule has 0 radical (unpaired) electrons. The molecule has 0 aromatic heterocycles. The van der Waals surface area contributed by atoms with E-state index in [1.165, 1.54) is 4.90 Å². The van der Waals surface area contributed by atoms with Crippen LogP contribution in [-0.2, 0) is 9.59 Å². The van der Waals surface area contributed by atoms with Crippen molar-refractivity contribution >= 4 is 17.5 Å². The Bertz CT molecular complexity index is 610. The Balaban J connectivity index is 1.65. The molecule has 0 aliphatic carbocycles. The molecule has 2 saturated heterocycles. The number of amides is 2. The second-order valence-corrected chi connectivity index (χ2v) is 6.62. The van der Waals surface area contributed by atoms with Crippen molar-refractivity contribution in [1.29, 1.82) is 0 Å². The van der Waals surface area contributed by atoms with Gasteiger partial charge in [0.15, 0.2) is 0 Å². The topological polar surface area (TPSA) is 53.1 Å². The van der Waals surface area contributed by atoms with Gasteiger partial charge in [0.25, 0.3) is 0 Å². The van der Waals surface area contributed by atoms with E-state index in [1.54, 1.807) is 7.11 Å². The summed E-state index contributed by atoms with van der Waals surface area (Å²) < 4.78 is 5.31. The van der Waals surface area contributed by atoms with Crippen molar-refractivity contribution in [3.05, 3.63) is 24.3 Å². The van der Waals surface area contributed by atoms with E-state index in [0.29, 0.717) is 19.3 Å². The molecule has 3 rings (SSSR count). The second kappa shape index (κ2) is 7.87. The molecule has 1 atom stereocenters. The molecule has 1 aromatic carbocycles. The predicted molar refractivity (Wildman–Crippen MR) is 96.6 cm³/mol. The third-order valence-electron chi connectivity index (χ3n) is 5.14. The van der Waals surface area contributed by atoms with Crippen LogP contribution in [0, 0.1) is 0 Å². The van der Waals surface area contributed by atoms with Gasteiger partial charge in [0.2, 0.25) is 11.8 Å². The van der Waals surface area contributed by atoms with Crippen LogP contribution in [0.1, 0.15) is 32.6 Å². The Labute approximate surface area is 149 Å². The molecule has 0 spiro atoms.